The first kappa shape index (κ1) is 20.9. The van der Waals surface area contributed by atoms with E-state index >= 15 is 0 Å². The van der Waals surface area contributed by atoms with Gasteiger partial charge in [-0.2, -0.15) is 0 Å². The molecule has 0 aromatic heterocycles. The predicted molar refractivity (Wildman–Crippen MR) is 91.6 cm³/mol. The molecule has 7 nitrogen and oxygen atoms in total. The highest BCUT2D eigenvalue weighted by molar-refractivity contribution is 5.75. The highest BCUT2D eigenvalue weighted by Gasteiger charge is 2.34. The van der Waals surface area contributed by atoms with E-state index in [-0.39, 0.29) is 13.2 Å². The summed E-state index contributed by atoms with van der Waals surface area (Å²) in [6, 6.07) is 9.25. The molecule has 0 fully saturated rings. The van der Waals surface area contributed by atoms with Crippen LogP contribution in [0.15, 0.2) is 30.3 Å². The number of carbonyl (C=O) groups is 2. The average Bonchev–Trinajstić information content (AvgIpc) is 2.61. The van der Waals surface area contributed by atoms with E-state index in [9.17, 15) is 14.7 Å². The fourth-order valence-electron chi connectivity index (χ4n) is 2.34. The third-order valence-corrected chi connectivity index (χ3v) is 3.61. The number of aliphatic hydroxyl groups excluding tert-OH is 1. The Balaban J connectivity index is 2.66. The lowest BCUT2D eigenvalue weighted by molar-refractivity contribution is -0.161. The zero-order valence-electron chi connectivity index (χ0n) is 14.9. The Hall–Kier alpha value is -2.12. The first-order valence-electron chi connectivity index (χ1n) is 8.46. The van der Waals surface area contributed by atoms with Crippen LogP contribution in [0.4, 0.5) is 4.79 Å². The smallest absolute Gasteiger partial charge is 0.409 e. The Labute approximate surface area is 148 Å². The summed E-state index contributed by atoms with van der Waals surface area (Å²) in [5.74, 6) is -1.39. The maximum absolute atomic E-state index is 12.0. The van der Waals surface area contributed by atoms with Gasteiger partial charge in [0.25, 0.3) is 0 Å². The minimum absolute atomic E-state index is 0.114. The molecule has 3 atom stereocenters. The molecule has 0 saturated heterocycles. The van der Waals surface area contributed by atoms with Gasteiger partial charge < -0.3 is 19.3 Å². The average molecular weight is 353 g/mol. The van der Waals surface area contributed by atoms with Crippen LogP contribution in [-0.4, -0.2) is 42.7 Å². The van der Waals surface area contributed by atoms with Crippen LogP contribution in [-0.2, 0) is 25.6 Å². The number of alkyl carbamates (subject to hydrolysis) is 1. The van der Waals surface area contributed by atoms with Crippen LogP contribution in [0.3, 0.4) is 0 Å². The number of nitrogens with one attached hydrogen (secondary N) is 1. The maximum atomic E-state index is 12.0. The van der Waals surface area contributed by atoms with E-state index in [0.717, 1.165) is 5.56 Å². The Kier molecular flexibility index (Phi) is 9.57. The highest BCUT2D eigenvalue weighted by atomic mass is 16.6. The van der Waals surface area contributed by atoms with Gasteiger partial charge in [0.2, 0.25) is 0 Å². The summed E-state index contributed by atoms with van der Waals surface area (Å²) in [6.45, 7) is 5.78. The third kappa shape index (κ3) is 7.11. The van der Waals surface area contributed by atoms with Crippen LogP contribution in [0, 0.1) is 5.92 Å². The minimum Gasteiger partial charge on any atom is -0.464 e. The monoisotopic (exact) mass is 353 g/mol. The molecule has 0 spiro atoms. The molecule has 1 amide bonds. The molecule has 0 aliphatic rings. The van der Waals surface area contributed by atoms with E-state index in [1.807, 2.05) is 30.3 Å². The van der Waals surface area contributed by atoms with Crippen molar-refractivity contribution in [3.8, 4) is 0 Å². The normalized spacial score (nSPS) is 14.2. The quantitative estimate of drug-likeness (QED) is 0.495. The molecule has 0 bridgehead atoms. The number of amides is 1. The molecule has 0 saturated carbocycles. The molecule has 7 heteroatoms. The van der Waals surface area contributed by atoms with Gasteiger partial charge in [-0.15, -0.1) is 0 Å². The Morgan fingerprint density at radius 2 is 1.76 bits per heavy atom. The topological polar surface area (TPSA) is 94.1 Å². The minimum atomic E-state index is -1.39. The van der Waals surface area contributed by atoms with Crippen LogP contribution in [0.25, 0.3) is 0 Å². The second kappa shape index (κ2) is 11.4. The summed E-state index contributed by atoms with van der Waals surface area (Å²) in [5, 5.41) is 12.7. The molecule has 0 aliphatic carbocycles. The number of aliphatic hydroxyl groups is 1. The van der Waals surface area contributed by atoms with E-state index in [2.05, 4.69) is 5.32 Å². The number of carbonyl (C=O) groups excluding carboxylic acids is 2. The lowest BCUT2D eigenvalue weighted by atomic mass is 9.97. The Morgan fingerprint density at radius 1 is 1.08 bits per heavy atom. The summed E-state index contributed by atoms with van der Waals surface area (Å²) < 4.78 is 15.5. The van der Waals surface area contributed by atoms with Gasteiger partial charge in [-0.25, -0.2) is 9.59 Å². The summed E-state index contributed by atoms with van der Waals surface area (Å²) >= 11 is 0. The molecule has 25 heavy (non-hydrogen) atoms. The molecule has 140 valence electrons. The van der Waals surface area contributed by atoms with Gasteiger partial charge in [0.05, 0.1) is 6.61 Å². The molecular weight excluding hydrogens is 326 g/mol. The van der Waals surface area contributed by atoms with Gasteiger partial charge in [0, 0.05) is 12.5 Å². The van der Waals surface area contributed by atoms with Crippen LogP contribution in [0.2, 0.25) is 0 Å². The lowest BCUT2D eigenvalue weighted by Gasteiger charge is -2.29. The molecule has 1 aromatic rings. The first-order valence-corrected chi connectivity index (χ1v) is 8.46. The fourth-order valence-corrected chi connectivity index (χ4v) is 2.34. The van der Waals surface area contributed by atoms with Crippen molar-refractivity contribution in [1.29, 1.82) is 0 Å². The van der Waals surface area contributed by atoms with Crippen molar-refractivity contribution in [2.24, 2.45) is 5.92 Å². The molecule has 1 unspecified atom stereocenters. The number of ether oxygens (including phenoxy) is 3. The van der Waals surface area contributed by atoms with Crippen LogP contribution in [0.1, 0.15) is 32.8 Å². The zero-order valence-corrected chi connectivity index (χ0v) is 14.9. The van der Waals surface area contributed by atoms with Crippen molar-refractivity contribution in [3.63, 3.8) is 0 Å². The van der Waals surface area contributed by atoms with Crippen molar-refractivity contribution >= 4 is 12.1 Å². The summed E-state index contributed by atoms with van der Waals surface area (Å²) in [4.78, 5) is 23.8. The van der Waals surface area contributed by atoms with E-state index in [1.165, 1.54) is 0 Å². The van der Waals surface area contributed by atoms with Gasteiger partial charge in [0.1, 0.15) is 12.8 Å². The van der Waals surface area contributed by atoms with Crippen molar-refractivity contribution in [1.82, 2.24) is 5.32 Å². The van der Waals surface area contributed by atoms with E-state index < -0.39 is 30.3 Å². The molecule has 0 radical (unpaired) electrons. The number of benzene rings is 1. The van der Waals surface area contributed by atoms with E-state index in [0.29, 0.717) is 13.0 Å². The molecule has 2 N–H and O–H groups in total. The molecule has 0 heterocycles. The van der Waals surface area contributed by atoms with Crippen LogP contribution >= 0.6 is 0 Å². The first-order chi connectivity index (χ1) is 12.0. The Bertz CT molecular complexity index is 522. The zero-order chi connectivity index (χ0) is 18.7. The molecular formula is C18H27NO6. The van der Waals surface area contributed by atoms with Crippen molar-refractivity contribution in [2.75, 3.05) is 13.2 Å². The van der Waals surface area contributed by atoms with Gasteiger partial charge in [-0.3, -0.25) is 5.32 Å². The van der Waals surface area contributed by atoms with Gasteiger partial charge in [0.15, 0.2) is 6.10 Å². The third-order valence-electron chi connectivity index (χ3n) is 3.61. The highest BCUT2D eigenvalue weighted by Crippen LogP contribution is 2.17. The van der Waals surface area contributed by atoms with E-state index in [4.69, 9.17) is 14.2 Å². The number of hydrogen-bond donors (Lipinski definition) is 2. The van der Waals surface area contributed by atoms with Gasteiger partial charge in [-0.05, 0) is 25.8 Å². The predicted octanol–water partition coefficient (Wildman–Crippen LogP) is 2.23. The van der Waals surface area contributed by atoms with Crippen LogP contribution < -0.4 is 5.32 Å². The number of rotatable bonds is 10. The lowest BCUT2D eigenvalue weighted by Crippen LogP contribution is -2.48. The SMILES string of the molecule is CCOC(=O)[C@@H](O)[C@H](CC)C(NC(=O)OCc1ccccc1)OCC. The molecule has 1 rings (SSSR count). The van der Waals surface area contributed by atoms with Gasteiger partial charge in [-0.1, -0.05) is 37.3 Å². The summed E-state index contributed by atoms with van der Waals surface area (Å²) in [5.41, 5.74) is 0.851. The standard InChI is InChI=1S/C18H27NO6/c1-4-14(15(20)17(21)24-6-3)16(23-5-2)19-18(22)25-12-13-10-8-7-9-11-13/h7-11,14-16,20H,4-6,12H2,1-3H3,(H,19,22)/t14-,15-,16?/m0/s1. The van der Waals surface area contributed by atoms with Crippen molar-refractivity contribution in [2.45, 2.75) is 46.1 Å². The largest absolute Gasteiger partial charge is 0.464 e. The fraction of sp³-hybridized carbons (Fsp3) is 0.556. The van der Waals surface area contributed by atoms with Gasteiger partial charge >= 0.3 is 12.1 Å². The van der Waals surface area contributed by atoms with Crippen molar-refractivity contribution in [3.05, 3.63) is 35.9 Å². The second-order valence-electron chi connectivity index (χ2n) is 5.35. The van der Waals surface area contributed by atoms with Crippen LogP contribution in [0.5, 0.6) is 0 Å². The molecule has 0 aliphatic heterocycles. The van der Waals surface area contributed by atoms with Crippen molar-refractivity contribution < 1.29 is 28.9 Å². The summed E-state index contributed by atoms with van der Waals surface area (Å²) in [7, 11) is 0. The Morgan fingerprint density at radius 3 is 2.32 bits per heavy atom. The molecule has 1 aromatic carbocycles. The number of esters is 1. The maximum Gasteiger partial charge on any atom is 0.409 e. The van der Waals surface area contributed by atoms with E-state index in [1.54, 1.807) is 20.8 Å². The number of hydrogen-bond acceptors (Lipinski definition) is 6. The second-order valence-corrected chi connectivity index (χ2v) is 5.35. The summed E-state index contributed by atoms with van der Waals surface area (Å²) in [6.07, 6.45) is -2.53.